The fourth-order valence-electron chi connectivity index (χ4n) is 2.29. The number of rotatable bonds is 3. The van der Waals surface area contributed by atoms with Crippen molar-refractivity contribution < 1.29 is 13.9 Å². The third-order valence-electron chi connectivity index (χ3n) is 3.64. The Labute approximate surface area is 118 Å². The smallest absolute Gasteiger partial charge is 0.321 e. The summed E-state index contributed by atoms with van der Waals surface area (Å²) in [6.45, 7) is 3.92. The predicted octanol–water partition coefficient (Wildman–Crippen LogP) is 3.02. The van der Waals surface area contributed by atoms with Crippen molar-refractivity contribution in [3.63, 3.8) is 0 Å². The topological polar surface area (TPSA) is 41.6 Å². The van der Waals surface area contributed by atoms with Crippen LogP contribution < -0.4 is 5.32 Å². The Morgan fingerprint density at radius 1 is 1.45 bits per heavy atom. The highest BCUT2D eigenvalue weighted by molar-refractivity contribution is 5.89. The summed E-state index contributed by atoms with van der Waals surface area (Å²) in [5, 5.41) is 2.72. The molecule has 5 heteroatoms. The minimum Gasteiger partial charge on any atom is -0.381 e. The lowest BCUT2D eigenvalue weighted by Gasteiger charge is -2.27. The van der Waals surface area contributed by atoms with Gasteiger partial charge < -0.3 is 15.0 Å². The molecule has 0 atom stereocenters. The fourth-order valence-corrected chi connectivity index (χ4v) is 2.29. The van der Waals surface area contributed by atoms with Crippen LogP contribution in [0.5, 0.6) is 0 Å². The molecule has 20 heavy (non-hydrogen) atoms. The molecule has 1 fully saturated rings. The number of nitrogens with one attached hydrogen (secondary N) is 1. The number of carbonyl (C=O) groups excluding carboxylic acids is 1. The van der Waals surface area contributed by atoms with Crippen LogP contribution in [-0.4, -0.2) is 37.7 Å². The summed E-state index contributed by atoms with van der Waals surface area (Å²) in [5.74, 6) is 0.170. The van der Waals surface area contributed by atoms with Gasteiger partial charge in [-0.15, -0.1) is 0 Å². The van der Waals surface area contributed by atoms with E-state index in [9.17, 15) is 9.18 Å². The molecule has 0 saturated carbocycles. The van der Waals surface area contributed by atoms with Crippen LogP contribution in [0.3, 0.4) is 0 Å². The van der Waals surface area contributed by atoms with E-state index in [2.05, 4.69) is 5.32 Å². The van der Waals surface area contributed by atoms with Crippen LogP contribution in [0, 0.1) is 18.7 Å². The first-order valence-electron chi connectivity index (χ1n) is 6.92. The van der Waals surface area contributed by atoms with E-state index in [1.807, 2.05) is 0 Å². The van der Waals surface area contributed by atoms with E-state index in [1.54, 1.807) is 31.0 Å². The van der Waals surface area contributed by atoms with Crippen LogP contribution in [0.4, 0.5) is 14.9 Å². The zero-order valence-electron chi connectivity index (χ0n) is 12.0. The largest absolute Gasteiger partial charge is 0.381 e. The van der Waals surface area contributed by atoms with Crippen molar-refractivity contribution in [1.29, 1.82) is 0 Å². The number of ether oxygens (including phenoxy) is 1. The standard InChI is InChI=1S/C15H21FN2O2/c1-11-3-4-13(9-14(11)16)17-15(19)18(2)10-12-5-7-20-8-6-12/h3-4,9,12H,5-8,10H2,1-2H3,(H,17,19). The molecule has 2 amide bonds. The van der Waals surface area contributed by atoms with Gasteiger partial charge in [0.15, 0.2) is 0 Å². The quantitative estimate of drug-likeness (QED) is 0.924. The molecule has 1 aromatic rings. The lowest BCUT2D eigenvalue weighted by Crippen LogP contribution is -2.36. The highest BCUT2D eigenvalue weighted by Crippen LogP contribution is 2.17. The van der Waals surface area contributed by atoms with Crippen molar-refractivity contribution in [3.05, 3.63) is 29.6 Å². The Bertz CT molecular complexity index is 473. The van der Waals surface area contributed by atoms with Gasteiger partial charge in [-0.25, -0.2) is 9.18 Å². The van der Waals surface area contributed by atoms with Gasteiger partial charge in [0.05, 0.1) is 0 Å². The van der Waals surface area contributed by atoms with E-state index in [0.717, 1.165) is 26.1 Å². The number of urea groups is 1. The minimum atomic E-state index is -0.310. The first-order chi connectivity index (χ1) is 9.56. The van der Waals surface area contributed by atoms with Gasteiger partial charge in [0, 0.05) is 32.5 Å². The molecule has 4 nitrogen and oxygen atoms in total. The molecule has 110 valence electrons. The van der Waals surface area contributed by atoms with Crippen molar-refractivity contribution in [3.8, 4) is 0 Å². The summed E-state index contributed by atoms with van der Waals surface area (Å²) < 4.78 is 18.7. The molecule has 1 heterocycles. The van der Waals surface area contributed by atoms with Crippen molar-refractivity contribution in [2.45, 2.75) is 19.8 Å². The van der Waals surface area contributed by atoms with E-state index in [0.29, 0.717) is 23.7 Å². The lowest BCUT2D eigenvalue weighted by molar-refractivity contribution is 0.0592. The molecule has 0 spiro atoms. The molecule has 1 aliphatic heterocycles. The number of carbonyl (C=O) groups is 1. The van der Waals surface area contributed by atoms with E-state index < -0.39 is 0 Å². The number of nitrogens with zero attached hydrogens (tertiary/aromatic N) is 1. The number of aryl methyl sites for hydroxylation is 1. The van der Waals surface area contributed by atoms with Gasteiger partial charge in [0.25, 0.3) is 0 Å². The van der Waals surface area contributed by atoms with Gasteiger partial charge in [-0.3, -0.25) is 0 Å². The molecule has 0 bridgehead atoms. The third-order valence-corrected chi connectivity index (χ3v) is 3.64. The predicted molar refractivity (Wildman–Crippen MR) is 76.3 cm³/mol. The van der Waals surface area contributed by atoms with Gasteiger partial charge in [0.1, 0.15) is 5.82 Å². The average Bonchev–Trinajstić information content (AvgIpc) is 2.44. The van der Waals surface area contributed by atoms with E-state index in [4.69, 9.17) is 4.74 Å². The summed E-state index contributed by atoms with van der Waals surface area (Å²) in [7, 11) is 1.76. The van der Waals surface area contributed by atoms with Gasteiger partial charge in [0.2, 0.25) is 0 Å². The Kier molecular flexibility index (Phi) is 4.95. The molecule has 0 aliphatic carbocycles. The van der Waals surface area contributed by atoms with Crippen LogP contribution in [0.1, 0.15) is 18.4 Å². The summed E-state index contributed by atoms with van der Waals surface area (Å²) in [6.07, 6.45) is 1.97. The fraction of sp³-hybridized carbons (Fsp3) is 0.533. The highest BCUT2D eigenvalue weighted by atomic mass is 19.1. The van der Waals surface area contributed by atoms with Crippen LogP contribution in [0.15, 0.2) is 18.2 Å². The van der Waals surface area contributed by atoms with Crippen molar-refractivity contribution in [2.24, 2.45) is 5.92 Å². The van der Waals surface area contributed by atoms with Gasteiger partial charge in [-0.1, -0.05) is 6.07 Å². The van der Waals surface area contributed by atoms with Crippen LogP contribution >= 0.6 is 0 Å². The maximum atomic E-state index is 13.4. The number of hydrogen-bond acceptors (Lipinski definition) is 2. The Morgan fingerprint density at radius 3 is 2.80 bits per heavy atom. The lowest BCUT2D eigenvalue weighted by atomic mass is 10.00. The van der Waals surface area contributed by atoms with Gasteiger partial charge in [-0.05, 0) is 43.4 Å². The van der Waals surface area contributed by atoms with E-state index >= 15 is 0 Å². The molecule has 0 unspecified atom stereocenters. The SMILES string of the molecule is Cc1ccc(NC(=O)N(C)CC2CCOCC2)cc1F. The molecule has 1 saturated heterocycles. The third kappa shape index (κ3) is 3.93. The van der Waals surface area contributed by atoms with E-state index in [1.165, 1.54) is 6.07 Å². The Morgan fingerprint density at radius 2 is 2.15 bits per heavy atom. The second-order valence-corrected chi connectivity index (χ2v) is 5.33. The summed E-state index contributed by atoms with van der Waals surface area (Å²) in [5.41, 5.74) is 1.05. The first kappa shape index (κ1) is 14.8. The molecule has 1 aromatic carbocycles. The first-order valence-corrected chi connectivity index (χ1v) is 6.92. The zero-order chi connectivity index (χ0) is 14.5. The average molecular weight is 280 g/mol. The van der Waals surface area contributed by atoms with Gasteiger partial charge >= 0.3 is 6.03 Å². The van der Waals surface area contributed by atoms with Crippen LogP contribution in [0.2, 0.25) is 0 Å². The Balaban J connectivity index is 1.88. The number of amides is 2. The number of benzene rings is 1. The molecule has 1 N–H and O–H groups in total. The summed E-state index contributed by atoms with van der Waals surface area (Å²) in [6, 6.07) is 4.50. The second kappa shape index (κ2) is 6.70. The summed E-state index contributed by atoms with van der Waals surface area (Å²) in [4.78, 5) is 13.7. The van der Waals surface area contributed by atoms with Crippen molar-refractivity contribution in [2.75, 3.05) is 32.1 Å². The van der Waals surface area contributed by atoms with Crippen molar-refractivity contribution in [1.82, 2.24) is 4.90 Å². The van der Waals surface area contributed by atoms with Crippen LogP contribution in [0.25, 0.3) is 0 Å². The zero-order valence-corrected chi connectivity index (χ0v) is 12.0. The van der Waals surface area contributed by atoms with Crippen molar-refractivity contribution >= 4 is 11.7 Å². The number of hydrogen-bond donors (Lipinski definition) is 1. The Hall–Kier alpha value is -1.62. The molecule has 1 aliphatic rings. The normalized spacial score (nSPS) is 15.9. The molecular weight excluding hydrogens is 259 g/mol. The molecular formula is C15H21FN2O2. The van der Waals surface area contributed by atoms with Crippen LogP contribution in [-0.2, 0) is 4.74 Å². The minimum absolute atomic E-state index is 0.209. The second-order valence-electron chi connectivity index (χ2n) is 5.33. The monoisotopic (exact) mass is 280 g/mol. The maximum absolute atomic E-state index is 13.4. The molecule has 0 aromatic heterocycles. The number of halogens is 1. The summed E-state index contributed by atoms with van der Waals surface area (Å²) >= 11 is 0. The van der Waals surface area contributed by atoms with Gasteiger partial charge in [-0.2, -0.15) is 0 Å². The van der Waals surface area contributed by atoms with E-state index in [-0.39, 0.29) is 11.8 Å². The molecule has 2 rings (SSSR count). The number of anilines is 1. The maximum Gasteiger partial charge on any atom is 0.321 e. The molecule has 0 radical (unpaired) electrons. The highest BCUT2D eigenvalue weighted by Gasteiger charge is 2.18.